The zero-order valence-electron chi connectivity index (χ0n) is 11.1. The van der Waals surface area contributed by atoms with Crippen molar-refractivity contribution in [2.45, 2.75) is 25.8 Å². The third kappa shape index (κ3) is 2.93. The van der Waals surface area contributed by atoms with Crippen LogP contribution < -0.4 is 5.32 Å². The SMILES string of the molecule is Cc1ccc(Cl)cc1NC(c1ccccc1)C1CC1. The number of hydrogen-bond donors (Lipinski definition) is 1. The van der Waals surface area contributed by atoms with E-state index in [1.165, 1.54) is 24.0 Å². The molecule has 19 heavy (non-hydrogen) atoms. The van der Waals surface area contributed by atoms with Gasteiger partial charge in [0.25, 0.3) is 0 Å². The van der Waals surface area contributed by atoms with Crippen molar-refractivity contribution < 1.29 is 0 Å². The molecule has 2 heteroatoms. The molecule has 2 aromatic carbocycles. The van der Waals surface area contributed by atoms with E-state index < -0.39 is 0 Å². The van der Waals surface area contributed by atoms with E-state index >= 15 is 0 Å². The fourth-order valence-corrected chi connectivity index (χ4v) is 2.65. The first-order valence-electron chi connectivity index (χ1n) is 6.81. The van der Waals surface area contributed by atoms with Crippen LogP contribution in [0.5, 0.6) is 0 Å². The summed E-state index contributed by atoms with van der Waals surface area (Å²) in [7, 11) is 0. The molecule has 1 aliphatic carbocycles. The molecule has 0 amide bonds. The molecule has 1 fully saturated rings. The molecule has 1 unspecified atom stereocenters. The minimum absolute atomic E-state index is 0.401. The zero-order valence-corrected chi connectivity index (χ0v) is 11.8. The summed E-state index contributed by atoms with van der Waals surface area (Å²) in [6.45, 7) is 2.12. The van der Waals surface area contributed by atoms with Crippen molar-refractivity contribution in [1.82, 2.24) is 0 Å². The lowest BCUT2D eigenvalue weighted by molar-refractivity contribution is 0.678. The third-order valence-corrected chi connectivity index (χ3v) is 4.00. The van der Waals surface area contributed by atoms with Gasteiger partial charge in [-0.15, -0.1) is 0 Å². The van der Waals surface area contributed by atoms with E-state index in [0.717, 1.165) is 16.6 Å². The van der Waals surface area contributed by atoms with Gasteiger partial charge in [-0.3, -0.25) is 0 Å². The Balaban J connectivity index is 1.88. The Hall–Kier alpha value is -1.47. The number of nitrogens with one attached hydrogen (secondary N) is 1. The molecule has 1 nitrogen and oxygen atoms in total. The van der Waals surface area contributed by atoms with Crippen LogP contribution in [0.4, 0.5) is 5.69 Å². The van der Waals surface area contributed by atoms with Crippen LogP contribution in [0.2, 0.25) is 5.02 Å². The first-order valence-corrected chi connectivity index (χ1v) is 7.19. The van der Waals surface area contributed by atoms with Gasteiger partial charge in [-0.2, -0.15) is 0 Å². The van der Waals surface area contributed by atoms with Crippen LogP contribution >= 0.6 is 11.6 Å². The van der Waals surface area contributed by atoms with Crippen molar-refractivity contribution >= 4 is 17.3 Å². The quantitative estimate of drug-likeness (QED) is 0.805. The van der Waals surface area contributed by atoms with Crippen molar-refractivity contribution in [3.8, 4) is 0 Å². The van der Waals surface area contributed by atoms with Crippen molar-refractivity contribution in [1.29, 1.82) is 0 Å². The van der Waals surface area contributed by atoms with Crippen LogP contribution in [0.25, 0.3) is 0 Å². The highest BCUT2D eigenvalue weighted by atomic mass is 35.5. The van der Waals surface area contributed by atoms with Crippen LogP contribution in [-0.2, 0) is 0 Å². The number of hydrogen-bond acceptors (Lipinski definition) is 1. The molecule has 1 saturated carbocycles. The molecular weight excluding hydrogens is 254 g/mol. The second-order valence-electron chi connectivity index (χ2n) is 5.33. The smallest absolute Gasteiger partial charge is 0.0542 e. The van der Waals surface area contributed by atoms with Crippen LogP contribution in [0.15, 0.2) is 48.5 Å². The van der Waals surface area contributed by atoms with E-state index in [9.17, 15) is 0 Å². The van der Waals surface area contributed by atoms with Gasteiger partial charge in [0.05, 0.1) is 6.04 Å². The molecular formula is C17H18ClN. The van der Waals surface area contributed by atoms with Crippen molar-refractivity contribution in [2.75, 3.05) is 5.32 Å². The van der Waals surface area contributed by atoms with E-state index in [1.807, 2.05) is 12.1 Å². The second-order valence-corrected chi connectivity index (χ2v) is 5.77. The number of rotatable bonds is 4. The van der Waals surface area contributed by atoms with E-state index in [1.54, 1.807) is 0 Å². The monoisotopic (exact) mass is 271 g/mol. The number of halogens is 1. The molecule has 0 aromatic heterocycles. The zero-order chi connectivity index (χ0) is 13.2. The molecule has 0 saturated heterocycles. The number of aryl methyl sites for hydroxylation is 1. The fraction of sp³-hybridized carbons (Fsp3) is 0.294. The van der Waals surface area contributed by atoms with Crippen molar-refractivity contribution in [3.63, 3.8) is 0 Å². The summed E-state index contributed by atoms with van der Waals surface area (Å²) in [5.74, 6) is 0.751. The molecule has 98 valence electrons. The molecule has 0 radical (unpaired) electrons. The predicted molar refractivity (Wildman–Crippen MR) is 81.7 cm³/mol. The highest BCUT2D eigenvalue weighted by Gasteiger charge is 2.32. The minimum Gasteiger partial charge on any atom is -0.378 e. The standard InChI is InChI=1S/C17H18ClN/c1-12-7-10-15(18)11-16(12)19-17(14-8-9-14)13-5-3-2-4-6-13/h2-7,10-11,14,17,19H,8-9H2,1H3. The van der Waals surface area contributed by atoms with Crippen LogP contribution in [0, 0.1) is 12.8 Å². The number of anilines is 1. The Morgan fingerprint density at radius 1 is 1.11 bits per heavy atom. The van der Waals surface area contributed by atoms with Gasteiger partial charge in [0.15, 0.2) is 0 Å². The van der Waals surface area contributed by atoms with Gasteiger partial charge in [0.2, 0.25) is 0 Å². The lowest BCUT2D eigenvalue weighted by atomic mass is 10.0. The highest BCUT2D eigenvalue weighted by molar-refractivity contribution is 6.30. The Morgan fingerprint density at radius 3 is 2.53 bits per heavy atom. The molecule has 1 aliphatic rings. The third-order valence-electron chi connectivity index (χ3n) is 3.76. The minimum atomic E-state index is 0.401. The van der Waals surface area contributed by atoms with E-state index in [4.69, 9.17) is 11.6 Å². The van der Waals surface area contributed by atoms with Crippen molar-refractivity contribution in [3.05, 3.63) is 64.7 Å². The summed E-state index contributed by atoms with van der Waals surface area (Å²) in [6.07, 6.45) is 2.62. The molecule has 3 rings (SSSR count). The van der Waals surface area contributed by atoms with Crippen LogP contribution in [0.1, 0.15) is 30.0 Å². The van der Waals surface area contributed by atoms with Gasteiger partial charge in [-0.05, 0) is 48.9 Å². The summed E-state index contributed by atoms with van der Waals surface area (Å²) in [6, 6.07) is 17.1. The molecule has 0 spiro atoms. The van der Waals surface area contributed by atoms with Gasteiger partial charge in [0.1, 0.15) is 0 Å². The maximum atomic E-state index is 6.10. The summed E-state index contributed by atoms with van der Waals surface area (Å²) < 4.78 is 0. The maximum absolute atomic E-state index is 6.10. The Labute approximate surface area is 119 Å². The molecule has 0 aliphatic heterocycles. The van der Waals surface area contributed by atoms with Crippen molar-refractivity contribution in [2.24, 2.45) is 5.92 Å². The topological polar surface area (TPSA) is 12.0 Å². The first kappa shape index (κ1) is 12.6. The first-order chi connectivity index (χ1) is 9.24. The summed E-state index contributed by atoms with van der Waals surface area (Å²) in [5, 5.41) is 4.47. The van der Waals surface area contributed by atoms with E-state index in [0.29, 0.717) is 6.04 Å². The van der Waals surface area contributed by atoms with Gasteiger partial charge in [0, 0.05) is 10.7 Å². The average molecular weight is 272 g/mol. The van der Waals surface area contributed by atoms with Gasteiger partial charge >= 0.3 is 0 Å². The molecule has 1 atom stereocenters. The lowest BCUT2D eigenvalue weighted by Crippen LogP contribution is -2.13. The number of benzene rings is 2. The van der Waals surface area contributed by atoms with Gasteiger partial charge < -0.3 is 5.32 Å². The Kier molecular flexibility index (Phi) is 3.48. The Bertz CT molecular complexity index is 561. The average Bonchev–Trinajstić information content (AvgIpc) is 3.25. The highest BCUT2D eigenvalue weighted by Crippen LogP contribution is 2.43. The summed E-state index contributed by atoms with van der Waals surface area (Å²) in [4.78, 5) is 0. The molecule has 2 aromatic rings. The summed E-state index contributed by atoms with van der Waals surface area (Å²) in [5.41, 5.74) is 3.75. The van der Waals surface area contributed by atoms with Gasteiger partial charge in [-0.1, -0.05) is 48.0 Å². The summed E-state index contributed by atoms with van der Waals surface area (Å²) >= 11 is 6.10. The van der Waals surface area contributed by atoms with E-state index in [2.05, 4.69) is 48.6 Å². The largest absolute Gasteiger partial charge is 0.378 e. The Morgan fingerprint density at radius 2 is 1.84 bits per heavy atom. The molecule has 0 bridgehead atoms. The fourth-order valence-electron chi connectivity index (χ4n) is 2.48. The van der Waals surface area contributed by atoms with Gasteiger partial charge in [-0.25, -0.2) is 0 Å². The lowest BCUT2D eigenvalue weighted by Gasteiger charge is -2.21. The van der Waals surface area contributed by atoms with E-state index in [-0.39, 0.29) is 0 Å². The molecule has 0 heterocycles. The maximum Gasteiger partial charge on any atom is 0.0542 e. The van der Waals surface area contributed by atoms with Crippen LogP contribution in [-0.4, -0.2) is 0 Å². The normalized spacial score (nSPS) is 16.1. The predicted octanol–water partition coefficient (Wildman–Crippen LogP) is 5.21. The molecule has 1 N–H and O–H groups in total. The second kappa shape index (κ2) is 5.26. The van der Waals surface area contributed by atoms with Crippen LogP contribution in [0.3, 0.4) is 0 Å².